The highest BCUT2D eigenvalue weighted by Gasteiger charge is 2.14. The molecule has 0 spiro atoms. The molecule has 0 radical (unpaired) electrons. The molecular weight excluding hydrogens is 196 g/mol. The lowest BCUT2D eigenvalue weighted by Crippen LogP contribution is -2.38. The summed E-state index contributed by atoms with van der Waals surface area (Å²) in [5.41, 5.74) is 0.261. The van der Waals surface area contributed by atoms with Crippen molar-refractivity contribution in [2.45, 2.75) is 58.5 Å². The zero-order valence-corrected chi connectivity index (χ0v) is 11.4. The van der Waals surface area contributed by atoms with E-state index in [2.05, 4.69) is 50.1 Å². The Morgan fingerprint density at radius 3 is 2.62 bits per heavy atom. The predicted molar refractivity (Wildman–Crippen MR) is 71.8 cm³/mol. The molecule has 2 nitrogen and oxygen atoms in total. The van der Waals surface area contributed by atoms with Gasteiger partial charge in [0.1, 0.15) is 0 Å². The van der Waals surface area contributed by atoms with Gasteiger partial charge in [0.2, 0.25) is 0 Å². The SMILES string of the molecule is CC(CCCNC(C)(C)C)N1CC=CCC1. The first-order valence-corrected chi connectivity index (χ1v) is 6.63. The lowest BCUT2D eigenvalue weighted by molar-refractivity contribution is 0.213. The summed E-state index contributed by atoms with van der Waals surface area (Å²) in [5.74, 6) is 0. The van der Waals surface area contributed by atoms with Gasteiger partial charge in [0, 0.05) is 24.7 Å². The molecule has 1 unspecified atom stereocenters. The van der Waals surface area contributed by atoms with E-state index < -0.39 is 0 Å². The summed E-state index contributed by atoms with van der Waals surface area (Å²) in [6.07, 6.45) is 8.40. The Morgan fingerprint density at radius 2 is 2.06 bits per heavy atom. The molecule has 0 aromatic rings. The highest BCUT2D eigenvalue weighted by atomic mass is 15.1. The van der Waals surface area contributed by atoms with Gasteiger partial charge in [-0.05, 0) is 53.5 Å². The molecule has 1 rings (SSSR count). The number of hydrogen-bond acceptors (Lipinski definition) is 2. The Balaban J connectivity index is 2.10. The maximum absolute atomic E-state index is 3.55. The first-order chi connectivity index (χ1) is 7.49. The third-order valence-electron chi connectivity index (χ3n) is 3.17. The summed E-state index contributed by atoms with van der Waals surface area (Å²) in [5, 5.41) is 3.55. The molecule has 1 aliphatic rings. The summed E-state index contributed by atoms with van der Waals surface area (Å²) in [4.78, 5) is 2.58. The Kier molecular flexibility index (Phi) is 5.50. The topological polar surface area (TPSA) is 15.3 Å². The van der Waals surface area contributed by atoms with Gasteiger partial charge >= 0.3 is 0 Å². The summed E-state index contributed by atoms with van der Waals surface area (Å²) < 4.78 is 0. The van der Waals surface area contributed by atoms with E-state index in [9.17, 15) is 0 Å². The molecule has 0 amide bonds. The van der Waals surface area contributed by atoms with E-state index in [1.807, 2.05) is 0 Å². The smallest absolute Gasteiger partial charge is 0.0166 e. The van der Waals surface area contributed by atoms with Crippen LogP contribution in [0.4, 0.5) is 0 Å². The van der Waals surface area contributed by atoms with Gasteiger partial charge in [0.25, 0.3) is 0 Å². The predicted octanol–water partition coefficient (Wildman–Crippen LogP) is 2.81. The van der Waals surface area contributed by atoms with E-state index in [4.69, 9.17) is 0 Å². The van der Waals surface area contributed by atoms with Gasteiger partial charge in [-0.3, -0.25) is 4.90 Å². The van der Waals surface area contributed by atoms with Gasteiger partial charge in [-0.25, -0.2) is 0 Å². The third-order valence-corrected chi connectivity index (χ3v) is 3.17. The van der Waals surface area contributed by atoms with Crippen LogP contribution < -0.4 is 5.32 Å². The second-order valence-electron chi connectivity index (χ2n) is 5.92. The maximum atomic E-state index is 3.55. The Morgan fingerprint density at radius 1 is 1.31 bits per heavy atom. The molecule has 1 aliphatic heterocycles. The number of hydrogen-bond donors (Lipinski definition) is 1. The molecule has 16 heavy (non-hydrogen) atoms. The number of rotatable bonds is 5. The van der Waals surface area contributed by atoms with E-state index in [0.717, 1.165) is 19.1 Å². The van der Waals surface area contributed by atoms with Crippen molar-refractivity contribution in [1.29, 1.82) is 0 Å². The Labute approximate surface area is 101 Å². The minimum absolute atomic E-state index is 0.261. The lowest BCUT2D eigenvalue weighted by Gasteiger charge is -2.30. The van der Waals surface area contributed by atoms with E-state index >= 15 is 0 Å². The van der Waals surface area contributed by atoms with Crippen molar-refractivity contribution in [1.82, 2.24) is 10.2 Å². The zero-order chi connectivity index (χ0) is 12.0. The minimum Gasteiger partial charge on any atom is -0.312 e. The van der Waals surface area contributed by atoms with Gasteiger partial charge in [-0.2, -0.15) is 0 Å². The summed E-state index contributed by atoms with van der Waals surface area (Å²) in [6, 6.07) is 0.728. The van der Waals surface area contributed by atoms with Crippen molar-refractivity contribution >= 4 is 0 Å². The van der Waals surface area contributed by atoms with E-state index in [-0.39, 0.29) is 5.54 Å². The van der Waals surface area contributed by atoms with Crippen molar-refractivity contribution in [3.63, 3.8) is 0 Å². The van der Waals surface area contributed by atoms with Crippen molar-refractivity contribution in [3.8, 4) is 0 Å². The van der Waals surface area contributed by atoms with Crippen LogP contribution in [0, 0.1) is 0 Å². The first kappa shape index (κ1) is 13.7. The molecule has 1 heterocycles. The Bertz CT molecular complexity index is 215. The van der Waals surface area contributed by atoms with Crippen molar-refractivity contribution in [3.05, 3.63) is 12.2 Å². The molecule has 1 N–H and O–H groups in total. The van der Waals surface area contributed by atoms with Gasteiger partial charge in [-0.1, -0.05) is 12.2 Å². The van der Waals surface area contributed by atoms with Crippen LogP contribution in [0.1, 0.15) is 47.0 Å². The van der Waals surface area contributed by atoms with Gasteiger partial charge in [0.05, 0.1) is 0 Å². The molecule has 0 saturated carbocycles. The molecule has 94 valence electrons. The van der Waals surface area contributed by atoms with Crippen LogP contribution in [0.2, 0.25) is 0 Å². The standard InChI is InChI=1S/C14H28N2/c1-13(16-11-6-5-7-12-16)9-8-10-15-14(2,3)4/h5-6,13,15H,7-12H2,1-4H3. The molecule has 0 bridgehead atoms. The van der Waals surface area contributed by atoms with Crippen molar-refractivity contribution < 1.29 is 0 Å². The Hall–Kier alpha value is -0.340. The lowest BCUT2D eigenvalue weighted by atomic mass is 10.1. The normalized spacial score (nSPS) is 20.0. The van der Waals surface area contributed by atoms with E-state index in [0.29, 0.717) is 0 Å². The van der Waals surface area contributed by atoms with Crippen LogP contribution in [0.5, 0.6) is 0 Å². The molecule has 0 fully saturated rings. The van der Waals surface area contributed by atoms with Gasteiger partial charge in [0.15, 0.2) is 0 Å². The average molecular weight is 224 g/mol. The van der Waals surface area contributed by atoms with Crippen molar-refractivity contribution in [2.24, 2.45) is 0 Å². The first-order valence-electron chi connectivity index (χ1n) is 6.63. The summed E-state index contributed by atoms with van der Waals surface area (Å²) in [7, 11) is 0. The molecule has 0 saturated heterocycles. The summed E-state index contributed by atoms with van der Waals surface area (Å²) >= 11 is 0. The second kappa shape index (κ2) is 6.41. The van der Waals surface area contributed by atoms with Crippen LogP contribution in [0.15, 0.2) is 12.2 Å². The van der Waals surface area contributed by atoms with E-state index in [1.165, 1.54) is 25.8 Å². The van der Waals surface area contributed by atoms with Crippen LogP contribution in [0.25, 0.3) is 0 Å². The highest BCUT2D eigenvalue weighted by molar-refractivity contribution is 4.92. The maximum Gasteiger partial charge on any atom is 0.0166 e. The zero-order valence-electron chi connectivity index (χ0n) is 11.4. The largest absolute Gasteiger partial charge is 0.312 e. The van der Waals surface area contributed by atoms with Crippen LogP contribution in [-0.2, 0) is 0 Å². The second-order valence-corrected chi connectivity index (χ2v) is 5.92. The summed E-state index contributed by atoms with van der Waals surface area (Å²) in [6.45, 7) is 12.6. The fraction of sp³-hybridized carbons (Fsp3) is 0.857. The van der Waals surface area contributed by atoms with Gasteiger partial charge < -0.3 is 5.32 Å². The van der Waals surface area contributed by atoms with Gasteiger partial charge in [-0.15, -0.1) is 0 Å². The fourth-order valence-corrected chi connectivity index (χ4v) is 2.10. The quantitative estimate of drug-likeness (QED) is 0.570. The molecular formula is C14H28N2. The monoisotopic (exact) mass is 224 g/mol. The number of nitrogens with one attached hydrogen (secondary N) is 1. The van der Waals surface area contributed by atoms with Crippen LogP contribution in [0.3, 0.4) is 0 Å². The third kappa shape index (κ3) is 5.66. The molecule has 0 aliphatic carbocycles. The molecule has 2 heteroatoms. The minimum atomic E-state index is 0.261. The molecule has 0 aromatic carbocycles. The highest BCUT2D eigenvalue weighted by Crippen LogP contribution is 2.11. The fourth-order valence-electron chi connectivity index (χ4n) is 2.10. The van der Waals surface area contributed by atoms with Crippen LogP contribution >= 0.6 is 0 Å². The average Bonchev–Trinajstić information content (AvgIpc) is 2.24. The molecule has 0 aromatic heterocycles. The molecule has 1 atom stereocenters. The van der Waals surface area contributed by atoms with Crippen molar-refractivity contribution in [2.75, 3.05) is 19.6 Å². The number of nitrogens with zero attached hydrogens (tertiary/aromatic N) is 1. The van der Waals surface area contributed by atoms with Crippen LogP contribution in [-0.4, -0.2) is 36.1 Å². The van der Waals surface area contributed by atoms with E-state index in [1.54, 1.807) is 0 Å².